The molecule has 3 aromatic rings. The summed E-state index contributed by atoms with van der Waals surface area (Å²) >= 11 is 3.36. The second-order valence-corrected chi connectivity index (χ2v) is 12.7. The lowest BCUT2D eigenvalue weighted by Crippen LogP contribution is -2.51. The van der Waals surface area contributed by atoms with Gasteiger partial charge in [0.15, 0.2) is 0 Å². The number of hydrogen-bond acceptors (Lipinski definition) is 5. The first kappa shape index (κ1) is 31.2. The van der Waals surface area contributed by atoms with Crippen LogP contribution in [0.15, 0.2) is 82.2 Å². The zero-order valence-corrected chi connectivity index (χ0v) is 25.8. The van der Waals surface area contributed by atoms with Crippen molar-refractivity contribution in [2.24, 2.45) is 5.92 Å². The van der Waals surface area contributed by atoms with Crippen molar-refractivity contribution in [3.63, 3.8) is 0 Å². The van der Waals surface area contributed by atoms with E-state index in [-0.39, 0.29) is 23.3 Å². The molecule has 10 heteroatoms. The quantitative estimate of drug-likeness (QED) is 0.299. The lowest BCUT2D eigenvalue weighted by atomic mass is 10.1. The number of rotatable bonds is 12. The second-order valence-electron chi connectivity index (χ2n) is 9.97. The van der Waals surface area contributed by atoms with Gasteiger partial charge in [-0.15, -0.1) is 0 Å². The Morgan fingerprint density at radius 2 is 1.62 bits per heavy atom. The van der Waals surface area contributed by atoms with Gasteiger partial charge in [0.25, 0.3) is 10.0 Å². The van der Waals surface area contributed by atoms with Gasteiger partial charge in [-0.2, -0.15) is 0 Å². The molecular formula is C30H36BrN3O5S. The normalized spacial score (nSPS) is 12.1. The van der Waals surface area contributed by atoms with E-state index in [1.807, 2.05) is 51.1 Å². The molecule has 40 heavy (non-hydrogen) atoms. The number of carbonyl (C=O) groups is 2. The Bertz CT molecular complexity index is 1410. The third-order valence-electron chi connectivity index (χ3n) is 6.36. The summed E-state index contributed by atoms with van der Waals surface area (Å²) in [4.78, 5) is 28.4. The molecule has 8 nitrogen and oxygen atoms in total. The van der Waals surface area contributed by atoms with E-state index in [4.69, 9.17) is 4.74 Å². The van der Waals surface area contributed by atoms with Crippen molar-refractivity contribution in [3.05, 3.63) is 88.4 Å². The summed E-state index contributed by atoms with van der Waals surface area (Å²) in [6.45, 7) is 7.64. The SMILES string of the molecule is COc1ccc(S(=O)(=O)N(CC(=O)N(Cc2ccccc2)[C@@H](C)C(=O)NCC(C)C)c2ccc(C)cc2)cc1Br. The number of carbonyl (C=O) groups excluding carboxylic acids is 2. The van der Waals surface area contributed by atoms with E-state index in [0.717, 1.165) is 15.4 Å². The van der Waals surface area contributed by atoms with Crippen LogP contribution in [0.25, 0.3) is 0 Å². The molecule has 0 saturated carbocycles. The highest BCUT2D eigenvalue weighted by atomic mass is 79.9. The molecule has 0 aliphatic carbocycles. The number of halogens is 1. The molecular weight excluding hydrogens is 594 g/mol. The molecule has 0 spiro atoms. The minimum absolute atomic E-state index is 0.00844. The molecule has 0 unspecified atom stereocenters. The first-order valence-corrected chi connectivity index (χ1v) is 15.2. The van der Waals surface area contributed by atoms with E-state index in [2.05, 4.69) is 21.2 Å². The number of methoxy groups -OCH3 is 1. The average molecular weight is 631 g/mol. The highest BCUT2D eigenvalue weighted by Crippen LogP contribution is 2.31. The molecule has 0 saturated heterocycles. The van der Waals surface area contributed by atoms with Crippen LogP contribution >= 0.6 is 15.9 Å². The van der Waals surface area contributed by atoms with Gasteiger partial charge >= 0.3 is 0 Å². The predicted molar refractivity (Wildman–Crippen MR) is 161 cm³/mol. The number of nitrogens with zero attached hydrogens (tertiary/aromatic N) is 2. The molecule has 1 N–H and O–H groups in total. The third-order valence-corrected chi connectivity index (χ3v) is 8.75. The van der Waals surface area contributed by atoms with Gasteiger partial charge in [0.2, 0.25) is 11.8 Å². The van der Waals surface area contributed by atoms with Crippen LogP contribution in [0.5, 0.6) is 5.75 Å². The van der Waals surface area contributed by atoms with Crippen LogP contribution in [0.4, 0.5) is 5.69 Å². The maximum Gasteiger partial charge on any atom is 0.264 e. The number of amides is 2. The molecule has 3 rings (SSSR count). The van der Waals surface area contributed by atoms with Crippen molar-refractivity contribution < 1.29 is 22.7 Å². The molecule has 0 radical (unpaired) electrons. The van der Waals surface area contributed by atoms with E-state index < -0.39 is 28.5 Å². The Labute approximate surface area is 245 Å². The van der Waals surface area contributed by atoms with Crippen molar-refractivity contribution in [2.75, 3.05) is 24.5 Å². The minimum atomic E-state index is -4.18. The van der Waals surface area contributed by atoms with Gasteiger partial charge < -0.3 is 15.0 Å². The molecule has 2 amide bonds. The predicted octanol–water partition coefficient (Wildman–Crippen LogP) is 5.15. The lowest BCUT2D eigenvalue weighted by molar-refractivity contribution is -0.139. The van der Waals surface area contributed by atoms with Gasteiger partial charge in [-0.3, -0.25) is 13.9 Å². The topological polar surface area (TPSA) is 96.0 Å². The van der Waals surface area contributed by atoms with Crippen molar-refractivity contribution in [1.29, 1.82) is 0 Å². The Morgan fingerprint density at radius 3 is 2.20 bits per heavy atom. The molecule has 0 aromatic heterocycles. The van der Waals surface area contributed by atoms with E-state index in [1.165, 1.54) is 24.1 Å². The number of anilines is 1. The summed E-state index contributed by atoms with van der Waals surface area (Å²) in [5, 5.41) is 2.89. The standard InChI is InChI=1S/C30H36BrN3O5S/c1-21(2)18-32-30(36)23(4)33(19-24-9-7-6-8-10-24)29(35)20-34(25-13-11-22(3)12-14-25)40(37,38)26-15-16-28(39-5)27(31)17-26/h6-17,21,23H,18-20H2,1-5H3,(H,32,36)/t23-/m0/s1. The highest BCUT2D eigenvalue weighted by molar-refractivity contribution is 9.10. The fraction of sp³-hybridized carbons (Fsp3) is 0.333. The van der Waals surface area contributed by atoms with Crippen LogP contribution in [0.1, 0.15) is 31.9 Å². The largest absolute Gasteiger partial charge is 0.496 e. The first-order valence-electron chi connectivity index (χ1n) is 13.0. The molecule has 0 aliphatic heterocycles. The number of aryl methyl sites for hydroxylation is 1. The van der Waals surface area contributed by atoms with Gasteiger partial charge in [0, 0.05) is 13.1 Å². The zero-order chi connectivity index (χ0) is 29.4. The van der Waals surface area contributed by atoms with Gasteiger partial charge in [-0.25, -0.2) is 8.42 Å². The van der Waals surface area contributed by atoms with Crippen molar-refractivity contribution in [1.82, 2.24) is 10.2 Å². The van der Waals surface area contributed by atoms with E-state index in [9.17, 15) is 18.0 Å². The summed E-state index contributed by atoms with van der Waals surface area (Å²) in [6, 6.07) is 19.8. The molecule has 214 valence electrons. The average Bonchev–Trinajstić information content (AvgIpc) is 2.93. The van der Waals surface area contributed by atoms with Gasteiger partial charge in [0.05, 0.1) is 22.2 Å². The summed E-state index contributed by atoms with van der Waals surface area (Å²) in [5.41, 5.74) is 2.10. The smallest absolute Gasteiger partial charge is 0.264 e. The second kappa shape index (κ2) is 13.8. The van der Waals surface area contributed by atoms with Gasteiger partial charge in [-0.1, -0.05) is 61.9 Å². The number of hydrogen-bond donors (Lipinski definition) is 1. The maximum atomic E-state index is 14.0. The highest BCUT2D eigenvalue weighted by Gasteiger charge is 2.32. The monoisotopic (exact) mass is 629 g/mol. The van der Waals surface area contributed by atoms with E-state index in [1.54, 1.807) is 37.3 Å². The maximum absolute atomic E-state index is 14.0. The number of nitrogens with one attached hydrogen (secondary N) is 1. The van der Waals surface area contributed by atoms with Gasteiger partial charge in [-0.05, 0) is 71.6 Å². The van der Waals surface area contributed by atoms with Crippen LogP contribution in [0, 0.1) is 12.8 Å². The van der Waals surface area contributed by atoms with Crippen LogP contribution < -0.4 is 14.4 Å². The summed E-state index contributed by atoms with van der Waals surface area (Å²) < 4.78 is 34.8. The Kier molecular flexibility index (Phi) is 10.8. The van der Waals surface area contributed by atoms with E-state index in [0.29, 0.717) is 22.5 Å². The van der Waals surface area contributed by atoms with E-state index >= 15 is 0 Å². The van der Waals surface area contributed by atoms with Crippen LogP contribution in [-0.2, 0) is 26.2 Å². The van der Waals surface area contributed by atoms with Crippen molar-refractivity contribution >= 4 is 43.5 Å². The molecule has 1 atom stereocenters. The van der Waals surface area contributed by atoms with Crippen LogP contribution in [0.2, 0.25) is 0 Å². The summed E-state index contributed by atoms with van der Waals surface area (Å²) in [7, 11) is -2.69. The van der Waals surface area contributed by atoms with Crippen LogP contribution in [0.3, 0.4) is 0 Å². The molecule has 0 fully saturated rings. The van der Waals surface area contributed by atoms with Crippen LogP contribution in [-0.4, -0.2) is 51.4 Å². The molecule has 3 aromatic carbocycles. The molecule has 0 aliphatic rings. The number of ether oxygens (including phenoxy) is 1. The summed E-state index contributed by atoms with van der Waals surface area (Å²) in [5.74, 6) is -0.0952. The Morgan fingerprint density at radius 1 is 0.975 bits per heavy atom. The van der Waals surface area contributed by atoms with Gasteiger partial charge in [0.1, 0.15) is 18.3 Å². The van der Waals surface area contributed by atoms with Crippen molar-refractivity contribution in [3.8, 4) is 5.75 Å². The number of benzene rings is 3. The zero-order valence-electron chi connectivity index (χ0n) is 23.4. The number of sulfonamides is 1. The minimum Gasteiger partial charge on any atom is -0.496 e. The molecule has 0 bridgehead atoms. The van der Waals surface area contributed by atoms with Crippen molar-refractivity contribution in [2.45, 2.75) is 45.2 Å². The Balaban J connectivity index is 2.02. The lowest BCUT2D eigenvalue weighted by Gasteiger charge is -2.32. The fourth-order valence-electron chi connectivity index (χ4n) is 3.99. The first-order chi connectivity index (χ1) is 18.9. The Hall–Kier alpha value is -3.37. The molecule has 0 heterocycles. The summed E-state index contributed by atoms with van der Waals surface area (Å²) in [6.07, 6.45) is 0. The fourth-order valence-corrected chi connectivity index (χ4v) is 6.12. The third kappa shape index (κ3) is 7.85.